The van der Waals surface area contributed by atoms with Crippen LogP contribution in [0.3, 0.4) is 0 Å². The van der Waals surface area contributed by atoms with Crippen LogP contribution >= 0.6 is 0 Å². The van der Waals surface area contributed by atoms with Crippen LogP contribution in [0.2, 0.25) is 0 Å². The molecule has 4 heteroatoms. The molecule has 68 valence electrons. The van der Waals surface area contributed by atoms with Crippen molar-refractivity contribution in [1.29, 1.82) is 5.26 Å². The molecule has 4 nitrogen and oxygen atoms in total. The summed E-state index contributed by atoms with van der Waals surface area (Å²) in [6.45, 7) is 1.32. The number of likely N-dealkylation sites (N-methyl/N-ethyl adjacent to an activating group) is 1. The number of nitrogens with zero attached hydrogens (tertiary/aromatic N) is 2. The van der Waals surface area contributed by atoms with Crippen LogP contribution in [0.25, 0.3) is 0 Å². The number of nitriles is 1. The lowest BCUT2D eigenvalue weighted by Gasteiger charge is -2.03. The molecule has 0 bridgehead atoms. The zero-order valence-electron chi connectivity index (χ0n) is 7.45. The fourth-order valence-electron chi connectivity index (χ4n) is 0.816. The molecule has 0 radical (unpaired) electrons. The van der Waals surface area contributed by atoms with Crippen LogP contribution in [0.15, 0.2) is 18.3 Å². The monoisotopic (exact) mass is 177 g/mol. The van der Waals surface area contributed by atoms with E-state index in [1.807, 2.05) is 13.1 Å². The molecule has 13 heavy (non-hydrogen) atoms. The lowest BCUT2D eigenvalue weighted by molar-refractivity contribution is 0.306. The third kappa shape index (κ3) is 3.09. The van der Waals surface area contributed by atoms with Crippen LogP contribution in [0, 0.1) is 11.3 Å². The van der Waals surface area contributed by atoms with Gasteiger partial charge in [0.05, 0.1) is 11.6 Å². The molecule has 1 heterocycles. The van der Waals surface area contributed by atoms with Gasteiger partial charge in [-0.15, -0.1) is 0 Å². The first-order valence-electron chi connectivity index (χ1n) is 4.00. The molecule has 0 unspecified atom stereocenters. The van der Waals surface area contributed by atoms with Crippen molar-refractivity contribution in [3.8, 4) is 11.9 Å². The van der Waals surface area contributed by atoms with Gasteiger partial charge in [0.2, 0.25) is 5.88 Å². The van der Waals surface area contributed by atoms with Crippen LogP contribution in [0.1, 0.15) is 5.56 Å². The number of nitrogens with one attached hydrogen (secondary N) is 1. The van der Waals surface area contributed by atoms with Gasteiger partial charge in [-0.25, -0.2) is 4.98 Å². The van der Waals surface area contributed by atoms with Gasteiger partial charge in [-0.2, -0.15) is 5.26 Å². The molecular weight excluding hydrogens is 166 g/mol. The molecule has 0 atom stereocenters. The number of pyridine rings is 1. The summed E-state index contributed by atoms with van der Waals surface area (Å²) >= 11 is 0. The van der Waals surface area contributed by atoms with Crippen LogP contribution < -0.4 is 10.1 Å². The zero-order valence-corrected chi connectivity index (χ0v) is 7.45. The van der Waals surface area contributed by atoms with E-state index in [1.165, 1.54) is 0 Å². The van der Waals surface area contributed by atoms with E-state index in [9.17, 15) is 0 Å². The molecule has 0 fully saturated rings. The van der Waals surface area contributed by atoms with Crippen molar-refractivity contribution >= 4 is 0 Å². The smallest absolute Gasteiger partial charge is 0.214 e. The summed E-state index contributed by atoms with van der Waals surface area (Å²) in [5.74, 6) is 0.495. The first-order chi connectivity index (χ1) is 6.36. The van der Waals surface area contributed by atoms with Gasteiger partial charge in [0.1, 0.15) is 6.61 Å². The SMILES string of the molecule is CNCCOc1cc(C#N)ccn1. The van der Waals surface area contributed by atoms with E-state index in [0.29, 0.717) is 18.1 Å². The van der Waals surface area contributed by atoms with Gasteiger partial charge in [0, 0.05) is 18.8 Å². The second kappa shape index (κ2) is 5.12. The molecule has 0 aromatic carbocycles. The van der Waals surface area contributed by atoms with Crippen LogP contribution in [0.5, 0.6) is 5.88 Å². The molecule has 1 N–H and O–H groups in total. The minimum absolute atomic E-state index is 0.495. The van der Waals surface area contributed by atoms with Gasteiger partial charge in [0.15, 0.2) is 0 Å². The first kappa shape index (κ1) is 9.49. The Bertz CT molecular complexity index is 306. The van der Waals surface area contributed by atoms with Gasteiger partial charge in [-0.05, 0) is 13.1 Å². The number of rotatable bonds is 4. The van der Waals surface area contributed by atoms with Gasteiger partial charge in [-0.3, -0.25) is 0 Å². The van der Waals surface area contributed by atoms with Gasteiger partial charge in [-0.1, -0.05) is 0 Å². The minimum Gasteiger partial charge on any atom is -0.476 e. The fraction of sp³-hybridized carbons (Fsp3) is 0.333. The summed E-state index contributed by atoms with van der Waals surface area (Å²) in [5.41, 5.74) is 0.564. The molecule has 1 aromatic heterocycles. The zero-order chi connectivity index (χ0) is 9.52. The molecular formula is C9H11N3O. The highest BCUT2D eigenvalue weighted by Crippen LogP contribution is 2.07. The Morgan fingerprint density at radius 1 is 1.69 bits per heavy atom. The lowest BCUT2D eigenvalue weighted by Crippen LogP contribution is -2.16. The molecule has 0 saturated heterocycles. The highest BCUT2D eigenvalue weighted by atomic mass is 16.5. The maximum absolute atomic E-state index is 8.59. The highest BCUT2D eigenvalue weighted by molar-refractivity contribution is 5.31. The summed E-state index contributed by atoms with van der Waals surface area (Å²) < 4.78 is 5.26. The van der Waals surface area contributed by atoms with Crippen molar-refractivity contribution in [2.45, 2.75) is 0 Å². The normalized spacial score (nSPS) is 9.23. The van der Waals surface area contributed by atoms with Crippen LogP contribution in [-0.2, 0) is 0 Å². The van der Waals surface area contributed by atoms with Crippen molar-refractivity contribution in [1.82, 2.24) is 10.3 Å². The summed E-state index contributed by atoms with van der Waals surface area (Å²) in [7, 11) is 1.85. The molecule has 0 aliphatic carbocycles. The largest absolute Gasteiger partial charge is 0.476 e. The van der Waals surface area contributed by atoms with E-state index in [0.717, 1.165) is 6.54 Å². The van der Waals surface area contributed by atoms with Crippen molar-refractivity contribution in [2.75, 3.05) is 20.2 Å². The van der Waals surface area contributed by atoms with Crippen molar-refractivity contribution in [3.63, 3.8) is 0 Å². The highest BCUT2D eigenvalue weighted by Gasteiger charge is 1.96. The van der Waals surface area contributed by atoms with Crippen LogP contribution in [-0.4, -0.2) is 25.2 Å². The van der Waals surface area contributed by atoms with Gasteiger partial charge >= 0.3 is 0 Å². The Hall–Kier alpha value is -1.60. The second-order valence-corrected chi connectivity index (χ2v) is 2.45. The predicted molar refractivity (Wildman–Crippen MR) is 48.4 cm³/mol. The number of hydrogen-bond donors (Lipinski definition) is 1. The maximum Gasteiger partial charge on any atom is 0.214 e. The van der Waals surface area contributed by atoms with Gasteiger partial charge in [0.25, 0.3) is 0 Å². The predicted octanol–water partition coefficient (Wildman–Crippen LogP) is 0.551. The van der Waals surface area contributed by atoms with E-state index in [4.69, 9.17) is 10.00 Å². The van der Waals surface area contributed by atoms with E-state index in [2.05, 4.69) is 10.3 Å². The molecule has 0 amide bonds. The summed E-state index contributed by atoms with van der Waals surface area (Å²) in [6, 6.07) is 5.29. The number of aromatic nitrogens is 1. The maximum atomic E-state index is 8.59. The Morgan fingerprint density at radius 2 is 2.54 bits per heavy atom. The molecule has 0 aliphatic rings. The van der Waals surface area contributed by atoms with Crippen molar-refractivity contribution in [3.05, 3.63) is 23.9 Å². The standard InChI is InChI=1S/C9H11N3O/c1-11-4-5-13-9-6-8(7-10)2-3-12-9/h2-3,6,11H,4-5H2,1H3. The average molecular weight is 177 g/mol. The Morgan fingerprint density at radius 3 is 3.23 bits per heavy atom. The first-order valence-corrected chi connectivity index (χ1v) is 4.00. The van der Waals surface area contributed by atoms with Crippen molar-refractivity contribution < 1.29 is 4.74 Å². The average Bonchev–Trinajstić information content (AvgIpc) is 2.19. The number of ether oxygens (including phenoxy) is 1. The Kier molecular flexibility index (Phi) is 3.74. The van der Waals surface area contributed by atoms with Gasteiger partial charge < -0.3 is 10.1 Å². The Balaban J connectivity index is 2.52. The summed E-state index contributed by atoms with van der Waals surface area (Å²) in [6.07, 6.45) is 1.56. The van der Waals surface area contributed by atoms with Crippen molar-refractivity contribution in [2.24, 2.45) is 0 Å². The molecule has 0 spiro atoms. The topological polar surface area (TPSA) is 57.9 Å². The molecule has 1 rings (SSSR count). The van der Waals surface area contributed by atoms with E-state index in [-0.39, 0.29) is 0 Å². The molecule has 0 saturated carbocycles. The quantitative estimate of drug-likeness (QED) is 0.682. The fourth-order valence-corrected chi connectivity index (χ4v) is 0.816. The van der Waals surface area contributed by atoms with E-state index < -0.39 is 0 Å². The van der Waals surface area contributed by atoms with Crippen LogP contribution in [0.4, 0.5) is 0 Å². The second-order valence-electron chi connectivity index (χ2n) is 2.45. The number of hydrogen-bond acceptors (Lipinski definition) is 4. The summed E-state index contributed by atoms with van der Waals surface area (Å²) in [5, 5.41) is 11.5. The lowest BCUT2D eigenvalue weighted by atomic mass is 10.3. The molecule has 0 aliphatic heterocycles. The van der Waals surface area contributed by atoms with E-state index >= 15 is 0 Å². The van der Waals surface area contributed by atoms with E-state index in [1.54, 1.807) is 18.3 Å². The third-order valence-electron chi connectivity index (χ3n) is 1.47. The minimum atomic E-state index is 0.495. The Labute approximate surface area is 77.2 Å². The summed E-state index contributed by atoms with van der Waals surface area (Å²) in [4.78, 5) is 3.96. The third-order valence-corrected chi connectivity index (χ3v) is 1.47. The molecule has 1 aromatic rings.